The molecule has 4 aliphatic heterocycles. The zero-order valence-electron chi connectivity index (χ0n) is 96.7. The summed E-state index contributed by atoms with van der Waals surface area (Å²) < 4.78 is 97.1. The molecule has 3 N–H and O–H groups in total. The number of allylic oxidation sites excluding steroid dienone is 1. The number of ether oxygens (including phenoxy) is 8. The van der Waals surface area contributed by atoms with Crippen LogP contribution in [0.15, 0.2) is 58.4 Å². The predicted octanol–water partition coefficient (Wildman–Crippen LogP) is 25.0. The lowest BCUT2D eigenvalue weighted by Crippen LogP contribution is -2.62. The third kappa shape index (κ3) is 18.1. The van der Waals surface area contributed by atoms with Gasteiger partial charge >= 0.3 is 7.82 Å². The minimum Gasteiger partial charge on any atom is -0.413 e. The monoisotopic (exact) mass is 2120 g/mol. The van der Waals surface area contributed by atoms with Crippen molar-refractivity contribution in [3.63, 3.8) is 0 Å². The number of Topliss-reactive ketones (excluding diaryl/α,β-unsaturated/α-hetero) is 2. The average molecular weight is 2130 g/mol. The Morgan fingerprint density at radius 2 is 0.651 bits per heavy atom. The zero-order chi connectivity index (χ0) is 108. The van der Waals surface area contributed by atoms with Gasteiger partial charge in [0, 0.05) is 61.7 Å². The summed E-state index contributed by atoms with van der Waals surface area (Å²) in [6.07, 6.45) is 36.1. The van der Waals surface area contributed by atoms with Crippen molar-refractivity contribution < 1.29 is 109 Å². The number of aliphatic hydroxyl groups excluding tert-OH is 3. The Balaban J connectivity index is 0.000000114. The van der Waals surface area contributed by atoms with E-state index in [0.29, 0.717) is 139 Å². The van der Waals surface area contributed by atoms with Gasteiger partial charge in [0.25, 0.3) is 0 Å². The molecule has 0 aromatic carbocycles. The average Bonchev–Trinajstić information content (AvgIpc) is 1.57. The molecule has 149 heavy (non-hydrogen) atoms. The molecule has 24 aliphatic rings. The molecule has 0 aromatic rings. The van der Waals surface area contributed by atoms with Crippen molar-refractivity contribution in [1.29, 1.82) is 0 Å². The molecule has 24 rings (SSSR count). The Bertz CT molecular complexity index is 5450. The van der Waals surface area contributed by atoms with Crippen LogP contribution in [-0.4, -0.2) is 182 Å². The van der Waals surface area contributed by atoms with E-state index in [1.807, 2.05) is 59.8 Å². The molecule has 23 nitrogen and oxygen atoms in total. The highest BCUT2D eigenvalue weighted by molar-refractivity contribution is 7.48. The Kier molecular flexibility index (Phi) is 28.5. The number of phosphoric acid groups is 1. The molecule has 0 radical (unpaired) electrons. The predicted molar refractivity (Wildman–Crippen MR) is 575 cm³/mol. The lowest BCUT2D eigenvalue weighted by Gasteiger charge is -2.62. The highest BCUT2D eigenvalue weighted by atomic mass is 31.2. The Labute approximate surface area is 894 Å². The highest BCUT2D eigenvalue weighted by Gasteiger charge is 2.75. The summed E-state index contributed by atoms with van der Waals surface area (Å²) in [4.78, 5) is 73.9. The summed E-state index contributed by atoms with van der Waals surface area (Å²) in [5.41, 5.74) is 4.04. The van der Waals surface area contributed by atoms with E-state index in [1.54, 1.807) is 19.9 Å². The number of phosphoric ester groups is 1. The van der Waals surface area contributed by atoms with Crippen molar-refractivity contribution in [2.75, 3.05) is 13.2 Å². The van der Waals surface area contributed by atoms with Crippen LogP contribution in [0, 0.1) is 149 Å². The van der Waals surface area contributed by atoms with Gasteiger partial charge in [0.2, 0.25) is 0 Å². The van der Waals surface area contributed by atoms with E-state index in [-0.39, 0.29) is 179 Å². The van der Waals surface area contributed by atoms with E-state index >= 15 is 0 Å². The van der Waals surface area contributed by atoms with Crippen LogP contribution >= 0.6 is 7.82 Å². The van der Waals surface area contributed by atoms with Crippen molar-refractivity contribution in [3.8, 4) is 0 Å². The van der Waals surface area contributed by atoms with E-state index in [1.165, 1.54) is 55.2 Å². The van der Waals surface area contributed by atoms with Gasteiger partial charge in [-0.3, -0.25) is 37.8 Å². The molecule has 39 atom stereocenters. The summed E-state index contributed by atoms with van der Waals surface area (Å²) in [6.45, 7) is 67.3. The van der Waals surface area contributed by atoms with E-state index in [9.17, 15) is 48.7 Å². The molecule has 0 bridgehead atoms. The van der Waals surface area contributed by atoms with Crippen LogP contribution < -0.4 is 0 Å². The fourth-order valence-electron chi connectivity index (χ4n) is 38.2. The maximum absolute atomic E-state index is 13.3. The van der Waals surface area contributed by atoms with Crippen LogP contribution in [0.1, 0.15) is 373 Å². The summed E-state index contributed by atoms with van der Waals surface area (Å²) in [7, 11) is -7.38. The highest BCUT2D eigenvalue weighted by Crippen LogP contribution is 2.76. The zero-order valence-corrected chi connectivity index (χ0v) is 99.6. The smallest absolute Gasteiger partial charge is 0.413 e. The van der Waals surface area contributed by atoms with Crippen LogP contribution in [0.5, 0.6) is 0 Å². The number of fused-ring (bicyclic) bond motifs is 37. The summed E-state index contributed by atoms with van der Waals surface area (Å²) >= 11 is 0. The molecule has 834 valence electrons. The first-order chi connectivity index (χ1) is 69.1. The van der Waals surface area contributed by atoms with Crippen molar-refractivity contribution >= 4 is 59.2 Å². The van der Waals surface area contributed by atoms with Crippen LogP contribution in [0.2, 0.25) is 36.3 Å². The van der Waals surface area contributed by atoms with E-state index in [4.69, 9.17) is 60.3 Å². The minimum absolute atomic E-state index is 0.00348. The largest absolute Gasteiger partial charge is 0.529 e. The second-order valence-electron chi connectivity index (χ2n) is 59.4. The molecule has 0 spiro atoms. The third-order valence-electron chi connectivity index (χ3n) is 48.1. The normalized spacial score (nSPS) is 48.7. The fraction of sp³-hybridized carbons (Fsp3) is 0.870. The van der Waals surface area contributed by atoms with E-state index < -0.39 is 59.8 Å². The fourth-order valence-corrected chi connectivity index (χ4v) is 42.3. The first-order valence-corrected chi connectivity index (χ1v) is 66.5. The molecule has 15 saturated carbocycles. The van der Waals surface area contributed by atoms with Gasteiger partial charge in [-0.1, -0.05) is 111 Å². The molecule has 16 unspecified atom stereocenters. The van der Waals surface area contributed by atoms with Crippen LogP contribution in [-0.2, 0) is 93.7 Å². The number of aliphatic hydroxyl groups is 3. The minimum atomic E-state index is -3.65. The topological polar surface area (TPSA) is 300 Å². The van der Waals surface area contributed by atoms with Crippen LogP contribution in [0.3, 0.4) is 0 Å². The molecule has 4 heterocycles. The first kappa shape index (κ1) is 112. The van der Waals surface area contributed by atoms with Crippen molar-refractivity contribution in [3.05, 3.63) is 58.4 Å². The lowest BCUT2D eigenvalue weighted by molar-refractivity contribution is -0.171. The maximum Gasteiger partial charge on any atom is 0.529 e. The standard InChI is InChI=1S/C32H57O7PSi.C28H46O4Si.C22H32O4.C22H30O4.C19H26O4/c1-12-34-40(33,35-13-2)38-21-16-18-31(8)23-17-19-32(9)22(14-15-25(32)39-41(10,11)29(3,4)5)26(23)28-27(24(31)20-21)36-30(6,7)37-28;1-25(2,3)33(8,9)32-21-11-10-18-22-19(13-15-28(18,21)7)27(6)14-12-17(29)16-20(27)23-24(22)31-26(4,5)30-23;2*1-20(2)25-18-15-11-12(23)7-9-21(15,3)14-8-10-22(4)13(5-6-16(22)24)17(14)19(18)26-20;1-18-7-5-10(20)9-13(18)16(22)17(23)15-11-3-4-14(21)19(11,2)8-6-12(15)18/h20,22-28H,12-19H2,1-11H3;16,18-19,21-24H,10-15H2,1-9H3;11,13-14,16-19,24H,5-10H2,1-4H3;11,13-14,17-19H,5-10H2,1-4H3;9,11-12,15-17,22-23H,3-8H2,1-2H3/t22?,23?,24?,25-,26?,27+,28+,31+,32-;18?,19?,21-,22?,23+,24+,27+,28-;13?,14?,16-,17?,18+,19+,21+,22-;13?,14?,17?,18-,19-,21-,22+;11?,12?,15?,16-,17-,18-,19+/m00011/s1. The first-order valence-electron chi connectivity index (χ1n) is 59.3. The number of carbonyl (C=O) groups excluding carboxylic acids is 6. The van der Waals surface area contributed by atoms with E-state index in [2.05, 4.69) is 157 Å². The van der Waals surface area contributed by atoms with Gasteiger partial charge in [-0.15, -0.1) is 0 Å². The second-order valence-corrected chi connectivity index (χ2v) is 70.5. The third-order valence-corrected chi connectivity index (χ3v) is 58.7. The number of hydrogen-bond acceptors (Lipinski definition) is 23. The number of carbonyl (C=O) groups is 6. The molecule has 0 amide bonds. The molecule has 26 heteroatoms. The van der Waals surface area contributed by atoms with Gasteiger partial charge in [0.1, 0.15) is 41.7 Å². The van der Waals surface area contributed by atoms with Gasteiger partial charge in [-0.05, 0) is 438 Å². The van der Waals surface area contributed by atoms with Crippen molar-refractivity contribution in [1.82, 2.24) is 0 Å². The molecular weight excluding hydrogens is 1930 g/mol. The number of ketones is 6. The van der Waals surface area contributed by atoms with Gasteiger partial charge in [0.05, 0.1) is 68.1 Å². The quantitative estimate of drug-likeness (QED) is 0.135. The molecular formula is C123H191O23PSi2. The molecule has 20 aliphatic carbocycles. The number of rotatable bonds is 10. The van der Waals surface area contributed by atoms with Gasteiger partial charge < -0.3 is 66.6 Å². The molecule has 19 fully saturated rings. The lowest BCUT2D eigenvalue weighted by atomic mass is 9.44. The van der Waals surface area contributed by atoms with Crippen molar-refractivity contribution in [2.24, 2.45) is 149 Å². The van der Waals surface area contributed by atoms with Gasteiger partial charge in [-0.2, -0.15) is 0 Å². The SMILES string of the molecule is CC1(C)O[C@@H]2C3=CC(=O)CC[C@]3(C)C3CC[C@@]4(C)C(CC[C@@H]4O)C3[C@H]2O1.CC1(C)O[C@@H]2C3=CC(=O)CC[C@]3(C)C3CC[C@@]4(C)C(CC[C@@H]4O[Si](C)(C)C(C)(C)C)C3[C@H]2O1.CC1(C)O[C@@H]2C3=CC(=O)CC[C@]3(C)C3CC[C@]4(C)C(=O)CCC4C3[C@H]2O1.CCOP(=O)(OCC)OC1=CC2[C@H]3OC(C)(C)O[C@@H]3C3C(CC[C@@]4(C)C3CC[C@@H]4O[Si](C)(C)C(C)(C)C)[C@@]2(C)CC1.C[C@]12CCC(=O)C=C1[C@@H](O)[C@H](O)C1C2CC[C@]2(C)C(=O)CCC12. The Morgan fingerprint density at radius 3 is 1.06 bits per heavy atom. The van der Waals surface area contributed by atoms with Gasteiger partial charge in [0.15, 0.2) is 62.9 Å². The Hall–Kier alpha value is -3.42. The summed E-state index contributed by atoms with van der Waals surface area (Å²) in [6, 6.07) is 0. The maximum atomic E-state index is 13.3. The summed E-state index contributed by atoms with van der Waals surface area (Å²) in [5, 5.41) is 32.7. The van der Waals surface area contributed by atoms with Crippen LogP contribution in [0.4, 0.5) is 0 Å². The summed E-state index contributed by atoms with van der Waals surface area (Å²) in [5.74, 6) is 5.99. The van der Waals surface area contributed by atoms with Gasteiger partial charge in [-0.25, -0.2) is 4.57 Å². The molecule has 4 saturated heterocycles. The number of hydrogen-bond donors (Lipinski definition) is 3. The van der Waals surface area contributed by atoms with E-state index in [0.717, 1.165) is 121 Å². The Morgan fingerprint density at radius 1 is 0.336 bits per heavy atom. The van der Waals surface area contributed by atoms with Crippen LogP contribution in [0.25, 0.3) is 0 Å². The molecule has 0 aromatic heterocycles. The second kappa shape index (κ2) is 37.9. The van der Waals surface area contributed by atoms with Crippen molar-refractivity contribution in [2.45, 2.75) is 511 Å².